The van der Waals surface area contributed by atoms with E-state index in [9.17, 15) is 24.3 Å². The average Bonchev–Trinajstić information content (AvgIpc) is 2.93. The Hall–Kier alpha value is -3.36. The number of amides is 3. The number of carbonyl (C=O) groups excluding carboxylic acids is 3. The number of nitrogens with zero attached hydrogens (tertiary/aromatic N) is 1. The van der Waals surface area contributed by atoms with E-state index in [0.717, 1.165) is 24.2 Å². The van der Waals surface area contributed by atoms with Crippen molar-refractivity contribution < 1.29 is 28.6 Å². The molecule has 158 valence electrons. The molecule has 2 N–H and O–H groups in total. The molecule has 30 heavy (non-hydrogen) atoms. The molecule has 4 rings (SSSR count). The molecule has 2 aromatic rings. The summed E-state index contributed by atoms with van der Waals surface area (Å²) in [4.78, 5) is 50.3. The van der Waals surface area contributed by atoms with Crippen molar-refractivity contribution in [1.82, 2.24) is 10.2 Å². The fourth-order valence-electron chi connectivity index (χ4n) is 4.31. The third-order valence-corrected chi connectivity index (χ3v) is 5.99. The summed E-state index contributed by atoms with van der Waals surface area (Å²) in [6.45, 7) is 1.19. The molecule has 3 amide bonds. The highest BCUT2D eigenvalue weighted by Gasteiger charge is 2.55. The van der Waals surface area contributed by atoms with Gasteiger partial charge in [0.1, 0.15) is 30.0 Å². The fraction of sp³-hybridized carbons (Fsp3) is 0.429. The monoisotopic (exact) mass is 414 g/mol. The van der Waals surface area contributed by atoms with E-state index in [1.807, 2.05) is 6.92 Å². The molecule has 1 spiro atoms. The molecule has 0 radical (unpaired) electrons. The number of nitrogens with one attached hydrogen (secondary N) is 1. The van der Waals surface area contributed by atoms with Crippen LogP contribution in [0.15, 0.2) is 33.5 Å². The lowest BCUT2D eigenvalue weighted by Crippen LogP contribution is -2.54. The minimum Gasteiger partial charge on any atom is -0.508 e. The highest BCUT2D eigenvalue weighted by atomic mass is 16.5. The van der Waals surface area contributed by atoms with Crippen LogP contribution in [-0.4, -0.2) is 40.0 Å². The number of fused-ring (bicyclic) bond motifs is 1. The van der Waals surface area contributed by atoms with Gasteiger partial charge in [-0.1, -0.05) is 19.8 Å². The smallest absolute Gasteiger partial charge is 0.336 e. The predicted molar refractivity (Wildman–Crippen MR) is 105 cm³/mol. The van der Waals surface area contributed by atoms with Gasteiger partial charge in [-0.2, -0.15) is 0 Å². The van der Waals surface area contributed by atoms with Gasteiger partial charge in [0.2, 0.25) is 0 Å². The molecule has 9 heteroatoms. The molecule has 1 saturated heterocycles. The Bertz CT molecular complexity index is 1090. The Morgan fingerprint density at radius 1 is 1.30 bits per heavy atom. The Labute approximate surface area is 171 Å². The van der Waals surface area contributed by atoms with Crippen molar-refractivity contribution in [3.05, 3.63) is 40.2 Å². The summed E-state index contributed by atoms with van der Waals surface area (Å²) in [7, 11) is 0. The van der Waals surface area contributed by atoms with Crippen LogP contribution in [-0.2, 0) is 20.9 Å². The Balaban J connectivity index is 1.46. The second kappa shape index (κ2) is 7.47. The van der Waals surface area contributed by atoms with Crippen LogP contribution in [0.3, 0.4) is 0 Å². The number of phenols is 1. The topological polar surface area (TPSA) is 126 Å². The van der Waals surface area contributed by atoms with Gasteiger partial charge in [0.25, 0.3) is 5.91 Å². The lowest BCUT2D eigenvalue weighted by molar-refractivity contribution is -0.149. The molecule has 1 aromatic carbocycles. The number of rotatable bonds is 4. The molecule has 1 aromatic heterocycles. The fourth-order valence-corrected chi connectivity index (χ4v) is 4.31. The average molecular weight is 414 g/mol. The van der Waals surface area contributed by atoms with Crippen LogP contribution in [0, 0.1) is 5.92 Å². The van der Waals surface area contributed by atoms with Crippen molar-refractivity contribution >= 4 is 28.9 Å². The van der Waals surface area contributed by atoms with Crippen molar-refractivity contribution in [3.63, 3.8) is 0 Å². The number of aromatic hydroxyl groups is 1. The zero-order valence-corrected chi connectivity index (χ0v) is 16.5. The Kier molecular flexibility index (Phi) is 4.97. The second-order valence-electron chi connectivity index (χ2n) is 7.87. The third kappa shape index (κ3) is 3.40. The highest BCUT2D eigenvalue weighted by molar-refractivity contribution is 6.09. The molecule has 0 bridgehead atoms. The minimum absolute atomic E-state index is 0.00459. The number of ether oxygens (including phenoxy) is 1. The van der Waals surface area contributed by atoms with Gasteiger partial charge in [-0.05, 0) is 30.9 Å². The number of imide groups is 1. The quantitative estimate of drug-likeness (QED) is 0.445. The van der Waals surface area contributed by atoms with Gasteiger partial charge in [-0.3, -0.25) is 14.5 Å². The van der Waals surface area contributed by atoms with Crippen LogP contribution < -0.4 is 10.9 Å². The maximum atomic E-state index is 12.9. The summed E-state index contributed by atoms with van der Waals surface area (Å²) >= 11 is 0. The molecule has 2 fully saturated rings. The van der Waals surface area contributed by atoms with Crippen LogP contribution in [0.1, 0.15) is 38.2 Å². The molecule has 9 nitrogen and oxygen atoms in total. The van der Waals surface area contributed by atoms with E-state index in [2.05, 4.69) is 5.32 Å². The molecule has 1 saturated carbocycles. The number of esters is 1. The largest absolute Gasteiger partial charge is 0.508 e. The highest BCUT2D eigenvalue weighted by Crippen LogP contribution is 2.38. The van der Waals surface area contributed by atoms with Gasteiger partial charge < -0.3 is 19.6 Å². The van der Waals surface area contributed by atoms with E-state index < -0.39 is 35.6 Å². The van der Waals surface area contributed by atoms with E-state index in [1.165, 1.54) is 18.2 Å². The van der Waals surface area contributed by atoms with E-state index in [-0.39, 0.29) is 23.9 Å². The van der Waals surface area contributed by atoms with Crippen LogP contribution >= 0.6 is 0 Å². The lowest BCUT2D eigenvalue weighted by Gasteiger charge is -2.36. The third-order valence-electron chi connectivity index (χ3n) is 5.99. The summed E-state index contributed by atoms with van der Waals surface area (Å²) in [6, 6.07) is 4.86. The minimum atomic E-state index is -0.938. The van der Waals surface area contributed by atoms with Crippen molar-refractivity contribution in [1.29, 1.82) is 0 Å². The maximum absolute atomic E-state index is 12.9. The summed E-state index contributed by atoms with van der Waals surface area (Å²) in [6.07, 6.45) is 3.24. The van der Waals surface area contributed by atoms with Crippen LogP contribution in [0.5, 0.6) is 5.75 Å². The summed E-state index contributed by atoms with van der Waals surface area (Å²) in [5, 5.41) is 12.8. The number of urea groups is 1. The van der Waals surface area contributed by atoms with Gasteiger partial charge in [0.05, 0.1) is 0 Å². The SMILES string of the molecule is C[C@H]1CCCC[C@@]12NC(=O)N(CC(=O)OCc1cc(=O)oc3cc(O)ccc13)C2=O. The molecular formula is C21H22N2O7. The first kappa shape index (κ1) is 19.9. The number of hydrogen-bond acceptors (Lipinski definition) is 7. The van der Waals surface area contributed by atoms with Crippen LogP contribution in [0.4, 0.5) is 4.79 Å². The van der Waals surface area contributed by atoms with Gasteiger partial charge in [0, 0.05) is 23.1 Å². The van der Waals surface area contributed by atoms with Gasteiger partial charge in [-0.25, -0.2) is 9.59 Å². The van der Waals surface area contributed by atoms with E-state index in [1.54, 1.807) is 6.07 Å². The summed E-state index contributed by atoms with van der Waals surface area (Å²) < 4.78 is 10.3. The van der Waals surface area contributed by atoms with Crippen LogP contribution in [0.2, 0.25) is 0 Å². The molecule has 2 atom stereocenters. The molecule has 1 aliphatic heterocycles. The number of carbonyl (C=O) groups is 3. The Morgan fingerprint density at radius 2 is 2.10 bits per heavy atom. The van der Waals surface area contributed by atoms with Crippen molar-refractivity contribution in [3.8, 4) is 5.75 Å². The second-order valence-corrected chi connectivity index (χ2v) is 7.87. The van der Waals surface area contributed by atoms with E-state index in [4.69, 9.17) is 9.15 Å². The first-order valence-corrected chi connectivity index (χ1v) is 9.85. The zero-order valence-electron chi connectivity index (χ0n) is 16.5. The predicted octanol–water partition coefficient (Wildman–Crippen LogP) is 2.04. The Morgan fingerprint density at radius 3 is 2.87 bits per heavy atom. The lowest BCUT2D eigenvalue weighted by atomic mass is 9.73. The van der Waals surface area contributed by atoms with Crippen molar-refractivity contribution in [2.75, 3.05) is 6.54 Å². The normalized spacial score (nSPS) is 23.8. The first-order chi connectivity index (χ1) is 14.3. The van der Waals surface area contributed by atoms with Crippen molar-refractivity contribution in [2.45, 2.75) is 44.8 Å². The molecule has 1 aliphatic carbocycles. The molecule has 0 unspecified atom stereocenters. The van der Waals surface area contributed by atoms with E-state index in [0.29, 0.717) is 17.4 Å². The van der Waals surface area contributed by atoms with Gasteiger partial charge >= 0.3 is 17.6 Å². The van der Waals surface area contributed by atoms with E-state index >= 15 is 0 Å². The number of hydrogen-bond donors (Lipinski definition) is 2. The first-order valence-electron chi connectivity index (χ1n) is 9.85. The molecular weight excluding hydrogens is 392 g/mol. The zero-order chi connectivity index (χ0) is 21.5. The summed E-state index contributed by atoms with van der Waals surface area (Å²) in [5.41, 5.74) is -1.03. The number of phenolic OH excluding ortho intramolecular Hbond substituents is 1. The maximum Gasteiger partial charge on any atom is 0.336 e. The number of benzene rings is 1. The van der Waals surface area contributed by atoms with Crippen molar-refractivity contribution in [2.24, 2.45) is 5.92 Å². The van der Waals surface area contributed by atoms with Gasteiger partial charge in [0.15, 0.2) is 0 Å². The van der Waals surface area contributed by atoms with Crippen LogP contribution in [0.25, 0.3) is 11.0 Å². The molecule has 2 heterocycles. The van der Waals surface area contributed by atoms with Gasteiger partial charge in [-0.15, -0.1) is 0 Å². The summed E-state index contributed by atoms with van der Waals surface area (Å²) in [5.74, 6) is -1.23. The standard InChI is InChI=1S/C21H22N2O7/c1-12-4-2-3-7-21(12)19(27)23(20(28)22-21)10-18(26)29-11-13-8-17(25)30-16-9-14(24)5-6-15(13)16/h5-6,8-9,12,24H,2-4,7,10-11H2,1H3,(H,22,28)/t12-,21+/m0/s1. The molecule has 2 aliphatic rings.